The maximum atomic E-state index is 10.8. The van der Waals surface area contributed by atoms with Gasteiger partial charge in [0, 0.05) is 18.3 Å². The van der Waals surface area contributed by atoms with Gasteiger partial charge >= 0.3 is 5.97 Å². The van der Waals surface area contributed by atoms with Crippen LogP contribution in [0.2, 0.25) is 0 Å². The SMILES string of the molecule is O=C(O)c1nn(-c2cccc([N+](=O)[O-])c2)cc1Br. The lowest BCUT2D eigenvalue weighted by atomic mass is 10.3. The maximum Gasteiger partial charge on any atom is 0.357 e. The summed E-state index contributed by atoms with van der Waals surface area (Å²) < 4.78 is 1.57. The topological polar surface area (TPSA) is 98.3 Å². The van der Waals surface area contributed by atoms with Crippen LogP contribution in [0.15, 0.2) is 34.9 Å². The van der Waals surface area contributed by atoms with E-state index in [1.54, 1.807) is 6.07 Å². The van der Waals surface area contributed by atoms with Gasteiger partial charge in [-0.25, -0.2) is 9.48 Å². The van der Waals surface area contributed by atoms with E-state index < -0.39 is 10.9 Å². The molecule has 1 N–H and O–H groups in total. The molecule has 0 aliphatic heterocycles. The molecule has 2 rings (SSSR count). The van der Waals surface area contributed by atoms with Crippen LogP contribution >= 0.6 is 15.9 Å². The van der Waals surface area contributed by atoms with E-state index in [1.165, 1.54) is 29.1 Å². The average molecular weight is 312 g/mol. The second-order valence-corrected chi connectivity index (χ2v) is 4.21. The van der Waals surface area contributed by atoms with Crippen LogP contribution in [0.3, 0.4) is 0 Å². The molecule has 0 unspecified atom stereocenters. The number of aromatic carboxylic acids is 1. The van der Waals surface area contributed by atoms with Crippen molar-refractivity contribution in [3.05, 3.63) is 50.7 Å². The van der Waals surface area contributed by atoms with Crippen LogP contribution in [0.25, 0.3) is 5.69 Å². The van der Waals surface area contributed by atoms with Crippen molar-refractivity contribution in [2.75, 3.05) is 0 Å². The van der Waals surface area contributed by atoms with E-state index in [9.17, 15) is 14.9 Å². The third-order valence-electron chi connectivity index (χ3n) is 2.18. The fraction of sp³-hybridized carbons (Fsp3) is 0. The van der Waals surface area contributed by atoms with Crippen molar-refractivity contribution in [2.45, 2.75) is 0 Å². The first-order valence-electron chi connectivity index (χ1n) is 4.72. The number of carboxylic acids is 1. The molecule has 0 atom stereocenters. The van der Waals surface area contributed by atoms with E-state index in [2.05, 4.69) is 21.0 Å². The number of carboxylic acid groups (broad SMARTS) is 1. The van der Waals surface area contributed by atoms with Crippen molar-refractivity contribution in [1.82, 2.24) is 9.78 Å². The molecule has 0 saturated carbocycles. The highest BCUT2D eigenvalue weighted by atomic mass is 79.9. The van der Waals surface area contributed by atoms with Crippen LogP contribution in [0.5, 0.6) is 0 Å². The molecule has 1 heterocycles. The highest BCUT2D eigenvalue weighted by Gasteiger charge is 2.15. The van der Waals surface area contributed by atoms with Gasteiger partial charge in [-0.2, -0.15) is 5.10 Å². The van der Waals surface area contributed by atoms with Crippen LogP contribution in [0.1, 0.15) is 10.5 Å². The quantitative estimate of drug-likeness (QED) is 0.692. The average Bonchev–Trinajstić information content (AvgIpc) is 2.71. The minimum atomic E-state index is -1.17. The summed E-state index contributed by atoms with van der Waals surface area (Å²) in [4.78, 5) is 20.9. The molecule has 0 bridgehead atoms. The molecule has 8 heteroatoms. The minimum absolute atomic E-state index is 0.0870. The Morgan fingerprint density at radius 3 is 2.78 bits per heavy atom. The Bertz CT molecular complexity index is 638. The van der Waals surface area contributed by atoms with Crippen molar-refractivity contribution >= 4 is 27.6 Å². The number of nitrogens with zero attached hydrogens (tertiary/aromatic N) is 3. The first kappa shape index (κ1) is 12.2. The number of hydrogen-bond acceptors (Lipinski definition) is 4. The van der Waals surface area contributed by atoms with Crippen LogP contribution < -0.4 is 0 Å². The standard InChI is InChI=1S/C10H6BrN3O4/c11-8-5-13(12-9(8)10(15)16)6-2-1-3-7(4-6)14(17)18/h1-5H,(H,15,16). The number of benzene rings is 1. The Kier molecular flexibility index (Phi) is 3.11. The van der Waals surface area contributed by atoms with E-state index in [0.29, 0.717) is 10.2 Å². The zero-order valence-electron chi connectivity index (χ0n) is 8.78. The summed E-state index contributed by atoms with van der Waals surface area (Å²) in [6.45, 7) is 0. The monoisotopic (exact) mass is 311 g/mol. The van der Waals surface area contributed by atoms with Crippen LogP contribution in [0, 0.1) is 10.1 Å². The van der Waals surface area contributed by atoms with Crippen molar-refractivity contribution in [2.24, 2.45) is 0 Å². The van der Waals surface area contributed by atoms with Gasteiger partial charge in [-0.1, -0.05) is 6.07 Å². The molecule has 0 fully saturated rings. The van der Waals surface area contributed by atoms with Gasteiger partial charge < -0.3 is 5.11 Å². The maximum absolute atomic E-state index is 10.8. The lowest BCUT2D eigenvalue weighted by molar-refractivity contribution is -0.384. The van der Waals surface area contributed by atoms with Crippen LogP contribution in [-0.4, -0.2) is 25.8 Å². The van der Waals surface area contributed by atoms with Gasteiger partial charge in [0.05, 0.1) is 15.1 Å². The summed E-state index contributed by atoms with van der Waals surface area (Å²) in [5.74, 6) is -1.17. The van der Waals surface area contributed by atoms with Crippen molar-refractivity contribution in [1.29, 1.82) is 0 Å². The lowest BCUT2D eigenvalue weighted by Gasteiger charge is -2.00. The molecule has 18 heavy (non-hydrogen) atoms. The van der Waals surface area contributed by atoms with Crippen LogP contribution in [-0.2, 0) is 0 Å². The Labute approximate surface area is 109 Å². The summed E-state index contributed by atoms with van der Waals surface area (Å²) in [6.07, 6.45) is 1.43. The first-order valence-corrected chi connectivity index (χ1v) is 5.51. The van der Waals surface area contributed by atoms with Gasteiger partial charge in [-0.3, -0.25) is 10.1 Å². The highest BCUT2D eigenvalue weighted by molar-refractivity contribution is 9.10. The number of nitro benzene ring substituents is 1. The fourth-order valence-electron chi connectivity index (χ4n) is 1.38. The number of hydrogen-bond donors (Lipinski definition) is 1. The van der Waals surface area contributed by atoms with E-state index in [4.69, 9.17) is 5.11 Å². The zero-order valence-corrected chi connectivity index (χ0v) is 10.4. The smallest absolute Gasteiger partial charge is 0.357 e. The summed E-state index contributed by atoms with van der Waals surface area (Å²) in [6, 6.07) is 5.76. The molecule has 2 aromatic rings. The molecule has 0 amide bonds. The highest BCUT2D eigenvalue weighted by Crippen LogP contribution is 2.20. The molecule has 0 spiro atoms. The van der Waals surface area contributed by atoms with Gasteiger partial charge in [0.25, 0.3) is 5.69 Å². The predicted octanol–water partition coefficient (Wildman–Crippen LogP) is 2.24. The second kappa shape index (κ2) is 4.57. The van der Waals surface area contributed by atoms with E-state index >= 15 is 0 Å². The van der Waals surface area contributed by atoms with Crippen molar-refractivity contribution in [3.8, 4) is 5.69 Å². The van der Waals surface area contributed by atoms with Crippen molar-refractivity contribution in [3.63, 3.8) is 0 Å². The first-order chi connectivity index (χ1) is 8.49. The molecule has 0 aliphatic carbocycles. The number of nitro groups is 1. The normalized spacial score (nSPS) is 10.3. The van der Waals surface area contributed by atoms with Gasteiger partial charge in [0.2, 0.25) is 0 Å². The lowest BCUT2D eigenvalue weighted by Crippen LogP contribution is -2.01. The van der Waals surface area contributed by atoms with Crippen LogP contribution in [0.4, 0.5) is 5.69 Å². The molecule has 1 aromatic heterocycles. The third-order valence-corrected chi connectivity index (χ3v) is 2.76. The molecular weight excluding hydrogens is 306 g/mol. The van der Waals surface area contributed by atoms with E-state index in [-0.39, 0.29) is 11.4 Å². The molecular formula is C10H6BrN3O4. The van der Waals surface area contributed by atoms with E-state index in [0.717, 1.165) is 0 Å². The predicted molar refractivity (Wildman–Crippen MR) is 64.9 cm³/mol. The Morgan fingerprint density at radius 2 is 2.22 bits per heavy atom. The Balaban J connectivity index is 2.49. The summed E-state index contributed by atoms with van der Waals surface area (Å²) in [5, 5.41) is 23.3. The number of halogens is 1. The number of carbonyl (C=O) groups is 1. The molecule has 92 valence electrons. The van der Waals surface area contributed by atoms with E-state index in [1.807, 2.05) is 0 Å². The van der Waals surface area contributed by atoms with Gasteiger partial charge in [-0.15, -0.1) is 0 Å². The molecule has 0 aliphatic rings. The minimum Gasteiger partial charge on any atom is -0.476 e. The second-order valence-electron chi connectivity index (χ2n) is 3.35. The summed E-state index contributed by atoms with van der Waals surface area (Å²) in [5.41, 5.74) is 0.176. The van der Waals surface area contributed by atoms with Crippen molar-refractivity contribution < 1.29 is 14.8 Å². The molecule has 0 saturated heterocycles. The summed E-state index contributed by atoms with van der Waals surface area (Å²) in [7, 11) is 0. The molecule has 1 aromatic carbocycles. The zero-order chi connectivity index (χ0) is 13.3. The third kappa shape index (κ3) is 2.23. The largest absolute Gasteiger partial charge is 0.476 e. The number of non-ortho nitro benzene ring substituents is 1. The Hall–Kier alpha value is -2.22. The number of rotatable bonds is 3. The molecule has 0 radical (unpaired) electrons. The summed E-state index contributed by atoms with van der Waals surface area (Å²) >= 11 is 3.06. The van der Waals surface area contributed by atoms with Gasteiger partial charge in [-0.05, 0) is 22.0 Å². The van der Waals surface area contributed by atoms with Gasteiger partial charge in [0.1, 0.15) is 0 Å². The fourth-order valence-corrected chi connectivity index (χ4v) is 1.82. The van der Waals surface area contributed by atoms with Gasteiger partial charge in [0.15, 0.2) is 5.69 Å². The Morgan fingerprint density at radius 1 is 1.50 bits per heavy atom. The number of aromatic nitrogens is 2. The molecule has 7 nitrogen and oxygen atoms in total.